The van der Waals surface area contributed by atoms with Crippen molar-refractivity contribution in [1.29, 1.82) is 0 Å². The van der Waals surface area contributed by atoms with E-state index < -0.39 is 0 Å². The minimum Gasteiger partial charge on any atom is -0.315 e. The van der Waals surface area contributed by atoms with Gasteiger partial charge in [-0.3, -0.25) is 0 Å². The highest BCUT2D eigenvalue weighted by Crippen LogP contribution is 2.09. The van der Waals surface area contributed by atoms with Crippen LogP contribution < -0.4 is 5.32 Å². The van der Waals surface area contributed by atoms with Gasteiger partial charge < -0.3 is 5.32 Å². The Kier molecular flexibility index (Phi) is 4.11. The summed E-state index contributed by atoms with van der Waals surface area (Å²) in [5.74, 6) is 0.479. The lowest BCUT2D eigenvalue weighted by Crippen LogP contribution is -2.40. The summed E-state index contributed by atoms with van der Waals surface area (Å²) < 4.78 is 12.5. The monoisotopic (exact) mass is 213 g/mol. The standard InChI is InChI=1S/C11H12FN.ClH/c12-11-5-3-9(4-6-11)1-2-10-7-13-8-10;/h1-6,10,13H,7-8H2;1H/b2-1+;. The molecule has 0 saturated carbocycles. The lowest BCUT2D eigenvalue weighted by molar-refractivity contribution is 0.420. The first-order valence-electron chi connectivity index (χ1n) is 4.49. The molecule has 0 radical (unpaired) electrons. The first-order valence-corrected chi connectivity index (χ1v) is 4.49. The van der Waals surface area contributed by atoms with Crippen LogP contribution in [0, 0.1) is 11.7 Å². The van der Waals surface area contributed by atoms with Crippen LogP contribution in [0.2, 0.25) is 0 Å². The van der Waals surface area contributed by atoms with Crippen LogP contribution in [0.3, 0.4) is 0 Å². The zero-order valence-electron chi connectivity index (χ0n) is 7.74. The molecule has 14 heavy (non-hydrogen) atoms. The van der Waals surface area contributed by atoms with E-state index in [-0.39, 0.29) is 18.2 Å². The molecule has 1 aromatic rings. The number of benzene rings is 1. The quantitative estimate of drug-likeness (QED) is 0.796. The molecule has 1 aliphatic rings. The van der Waals surface area contributed by atoms with E-state index >= 15 is 0 Å². The molecular weight excluding hydrogens is 201 g/mol. The zero-order valence-corrected chi connectivity index (χ0v) is 8.56. The topological polar surface area (TPSA) is 12.0 Å². The van der Waals surface area contributed by atoms with Crippen molar-refractivity contribution >= 4 is 18.5 Å². The van der Waals surface area contributed by atoms with Gasteiger partial charge in [-0.15, -0.1) is 12.4 Å². The second-order valence-electron chi connectivity index (χ2n) is 3.33. The molecule has 1 aliphatic heterocycles. The van der Waals surface area contributed by atoms with Crippen LogP contribution in [-0.2, 0) is 0 Å². The number of hydrogen-bond acceptors (Lipinski definition) is 1. The largest absolute Gasteiger partial charge is 0.315 e. The van der Waals surface area contributed by atoms with Crippen molar-refractivity contribution < 1.29 is 4.39 Å². The van der Waals surface area contributed by atoms with Gasteiger partial charge in [0.25, 0.3) is 0 Å². The molecule has 1 aromatic carbocycles. The molecule has 0 spiro atoms. The van der Waals surface area contributed by atoms with E-state index in [0.29, 0.717) is 5.92 Å². The Hall–Kier alpha value is -0.860. The summed E-state index contributed by atoms with van der Waals surface area (Å²) in [5, 5.41) is 3.20. The second kappa shape index (κ2) is 5.13. The zero-order chi connectivity index (χ0) is 9.10. The van der Waals surface area contributed by atoms with Crippen molar-refractivity contribution in [2.45, 2.75) is 0 Å². The van der Waals surface area contributed by atoms with E-state index in [9.17, 15) is 4.39 Å². The normalized spacial score (nSPS) is 16.4. The van der Waals surface area contributed by atoms with Crippen molar-refractivity contribution in [1.82, 2.24) is 5.32 Å². The van der Waals surface area contributed by atoms with Crippen molar-refractivity contribution in [2.24, 2.45) is 5.92 Å². The van der Waals surface area contributed by atoms with Crippen LogP contribution in [0.15, 0.2) is 30.3 Å². The summed E-state index contributed by atoms with van der Waals surface area (Å²) in [7, 11) is 0. The van der Waals surface area contributed by atoms with Crippen molar-refractivity contribution in [3.63, 3.8) is 0 Å². The number of rotatable bonds is 2. The van der Waals surface area contributed by atoms with E-state index in [1.165, 1.54) is 12.1 Å². The third kappa shape index (κ3) is 2.82. The molecule has 1 fully saturated rings. The Morgan fingerprint density at radius 1 is 1.21 bits per heavy atom. The Bertz CT molecular complexity index is 304. The molecule has 0 bridgehead atoms. The van der Waals surface area contributed by atoms with E-state index in [4.69, 9.17) is 0 Å². The number of halogens is 2. The third-order valence-electron chi connectivity index (χ3n) is 2.24. The molecule has 1 nitrogen and oxygen atoms in total. The summed E-state index contributed by atoms with van der Waals surface area (Å²) in [5.41, 5.74) is 1.06. The smallest absolute Gasteiger partial charge is 0.123 e. The molecule has 0 unspecified atom stereocenters. The highest BCUT2D eigenvalue weighted by Gasteiger charge is 2.11. The average molecular weight is 214 g/mol. The summed E-state index contributed by atoms with van der Waals surface area (Å²) in [6, 6.07) is 6.55. The van der Waals surface area contributed by atoms with Gasteiger partial charge in [0, 0.05) is 19.0 Å². The molecule has 2 rings (SSSR count). The van der Waals surface area contributed by atoms with Gasteiger partial charge in [0.2, 0.25) is 0 Å². The highest BCUT2D eigenvalue weighted by molar-refractivity contribution is 5.85. The van der Waals surface area contributed by atoms with Gasteiger partial charge >= 0.3 is 0 Å². The maximum Gasteiger partial charge on any atom is 0.123 e. The van der Waals surface area contributed by atoms with Gasteiger partial charge in [-0.25, -0.2) is 4.39 Å². The van der Waals surface area contributed by atoms with Crippen LogP contribution in [-0.4, -0.2) is 13.1 Å². The molecule has 0 aliphatic carbocycles. The molecule has 0 amide bonds. The van der Waals surface area contributed by atoms with Crippen molar-refractivity contribution in [3.8, 4) is 0 Å². The van der Waals surface area contributed by atoms with Crippen LogP contribution >= 0.6 is 12.4 Å². The van der Waals surface area contributed by atoms with Gasteiger partial charge in [0.15, 0.2) is 0 Å². The molecule has 1 saturated heterocycles. The van der Waals surface area contributed by atoms with Gasteiger partial charge in [0.05, 0.1) is 0 Å². The van der Waals surface area contributed by atoms with Gasteiger partial charge in [-0.1, -0.05) is 24.3 Å². The van der Waals surface area contributed by atoms with Crippen LogP contribution in [0.5, 0.6) is 0 Å². The van der Waals surface area contributed by atoms with E-state index in [1.54, 1.807) is 12.1 Å². The molecule has 0 aromatic heterocycles. The predicted molar refractivity (Wildman–Crippen MR) is 59.0 cm³/mol. The van der Waals surface area contributed by atoms with Crippen LogP contribution in [0.4, 0.5) is 4.39 Å². The van der Waals surface area contributed by atoms with E-state index in [2.05, 4.69) is 11.4 Å². The third-order valence-corrected chi connectivity index (χ3v) is 2.24. The predicted octanol–water partition coefficient (Wildman–Crippen LogP) is 2.48. The first kappa shape index (κ1) is 11.2. The van der Waals surface area contributed by atoms with Gasteiger partial charge in [-0.05, 0) is 17.7 Å². The Morgan fingerprint density at radius 2 is 1.86 bits per heavy atom. The maximum atomic E-state index is 12.5. The highest BCUT2D eigenvalue weighted by atomic mass is 35.5. The summed E-state index contributed by atoms with van der Waals surface area (Å²) in [4.78, 5) is 0. The lowest BCUT2D eigenvalue weighted by Gasteiger charge is -2.23. The molecule has 76 valence electrons. The molecule has 1 N–H and O–H groups in total. The van der Waals surface area contributed by atoms with Crippen LogP contribution in [0.25, 0.3) is 6.08 Å². The summed E-state index contributed by atoms with van der Waals surface area (Å²) in [6.07, 6.45) is 4.22. The van der Waals surface area contributed by atoms with E-state index in [0.717, 1.165) is 18.7 Å². The fourth-order valence-corrected chi connectivity index (χ4v) is 1.27. The fraction of sp³-hybridized carbons (Fsp3) is 0.273. The summed E-state index contributed by atoms with van der Waals surface area (Å²) >= 11 is 0. The Morgan fingerprint density at radius 3 is 2.36 bits per heavy atom. The van der Waals surface area contributed by atoms with Crippen molar-refractivity contribution in [3.05, 3.63) is 41.7 Å². The molecule has 3 heteroatoms. The average Bonchev–Trinajstić information content (AvgIpc) is 2.05. The second-order valence-corrected chi connectivity index (χ2v) is 3.33. The van der Waals surface area contributed by atoms with E-state index in [1.807, 2.05) is 6.08 Å². The molecule has 0 atom stereocenters. The fourth-order valence-electron chi connectivity index (χ4n) is 1.27. The lowest BCUT2D eigenvalue weighted by atomic mass is 10.0. The molecular formula is C11H13ClFN. The molecule has 1 heterocycles. The van der Waals surface area contributed by atoms with Gasteiger partial charge in [0.1, 0.15) is 5.82 Å². The van der Waals surface area contributed by atoms with Gasteiger partial charge in [-0.2, -0.15) is 0 Å². The Balaban J connectivity index is 0.000000980. The number of nitrogens with one attached hydrogen (secondary N) is 1. The first-order chi connectivity index (χ1) is 6.34. The maximum absolute atomic E-state index is 12.5. The van der Waals surface area contributed by atoms with Crippen LogP contribution in [0.1, 0.15) is 5.56 Å². The minimum absolute atomic E-state index is 0. The Labute approximate surface area is 89.4 Å². The number of hydrogen-bond donors (Lipinski definition) is 1. The van der Waals surface area contributed by atoms with Crippen molar-refractivity contribution in [2.75, 3.05) is 13.1 Å². The summed E-state index contributed by atoms with van der Waals surface area (Å²) in [6.45, 7) is 2.13. The minimum atomic E-state index is -0.178. The SMILES string of the molecule is Cl.Fc1ccc(/C=C/C2CNC2)cc1.